The van der Waals surface area contributed by atoms with E-state index >= 15 is 0 Å². The Morgan fingerprint density at radius 2 is 1.95 bits per heavy atom. The van der Waals surface area contributed by atoms with Crippen LogP contribution in [0.25, 0.3) is 0 Å². The molecule has 2 aromatic rings. The van der Waals surface area contributed by atoms with Gasteiger partial charge in [0.25, 0.3) is 5.91 Å². The average Bonchev–Trinajstić information content (AvgIpc) is 2.55. The van der Waals surface area contributed by atoms with Gasteiger partial charge in [-0.1, -0.05) is 29.4 Å². The molecule has 5 heteroatoms. The maximum Gasteiger partial charge on any atom is 0.255 e. The van der Waals surface area contributed by atoms with E-state index in [9.17, 15) is 4.79 Å². The summed E-state index contributed by atoms with van der Waals surface area (Å²) < 4.78 is 5.23. The van der Waals surface area contributed by atoms with Gasteiger partial charge in [-0.15, -0.1) is 0 Å². The molecular formula is C17H18N2O3. The van der Waals surface area contributed by atoms with Crippen LogP contribution in [0.4, 0.5) is 5.69 Å². The zero-order chi connectivity index (χ0) is 16.1. The van der Waals surface area contributed by atoms with Crippen LogP contribution in [0, 0.1) is 6.92 Å². The van der Waals surface area contributed by atoms with Crippen LogP contribution >= 0.6 is 0 Å². The minimum absolute atomic E-state index is 0.253. The first-order chi connectivity index (χ1) is 10.6. The van der Waals surface area contributed by atoms with Gasteiger partial charge < -0.3 is 15.3 Å². The summed E-state index contributed by atoms with van der Waals surface area (Å²) in [6.45, 7) is 3.58. The smallest absolute Gasteiger partial charge is 0.255 e. The number of carbonyl (C=O) groups excluding carboxylic acids is 1. The van der Waals surface area contributed by atoms with Gasteiger partial charge in [0.2, 0.25) is 0 Å². The largest absolute Gasteiger partial charge is 0.496 e. The van der Waals surface area contributed by atoms with Gasteiger partial charge in [-0.05, 0) is 37.6 Å². The van der Waals surface area contributed by atoms with Crippen molar-refractivity contribution in [3.8, 4) is 5.75 Å². The third kappa shape index (κ3) is 3.25. The summed E-state index contributed by atoms with van der Waals surface area (Å²) in [5.74, 6) is 0.408. The fourth-order valence-electron chi connectivity index (χ4n) is 2.12. The maximum atomic E-state index is 12.4. The van der Waals surface area contributed by atoms with Crippen LogP contribution in [0.2, 0.25) is 0 Å². The van der Waals surface area contributed by atoms with E-state index in [1.54, 1.807) is 44.4 Å². The fraction of sp³-hybridized carbons (Fsp3) is 0.176. The highest BCUT2D eigenvalue weighted by atomic mass is 16.5. The Hall–Kier alpha value is -2.82. The van der Waals surface area contributed by atoms with Crippen molar-refractivity contribution < 1.29 is 14.7 Å². The number of aryl methyl sites for hydroxylation is 1. The van der Waals surface area contributed by atoms with Crippen LogP contribution < -0.4 is 10.1 Å². The number of para-hydroxylation sites is 1. The zero-order valence-corrected chi connectivity index (χ0v) is 12.8. The number of amides is 1. The average molecular weight is 298 g/mol. The lowest BCUT2D eigenvalue weighted by Crippen LogP contribution is -2.14. The Labute approximate surface area is 129 Å². The summed E-state index contributed by atoms with van der Waals surface area (Å²) >= 11 is 0. The number of nitrogens with one attached hydrogen (secondary N) is 1. The fourth-order valence-corrected chi connectivity index (χ4v) is 2.12. The molecule has 22 heavy (non-hydrogen) atoms. The van der Waals surface area contributed by atoms with Crippen LogP contribution in [0.15, 0.2) is 47.6 Å². The Bertz CT molecular complexity index is 724. The van der Waals surface area contributed by atoms with Crippen LogP contribution in [0.5, 0.6) is 5.75 Å². The number of oxime groups is 1. The monoisotopic (exact) mass is 298 g/mol. The number of nitrogens with zero attached hydrogens (tertiary/aromatic N) is 1. The molecule has 0 aromatic heterocycles. The summed E-state index contributed by atoms with van der Waals surface area (Å²) in [6, 6.07) is 12.4. The first-order valence-electron chi connectivity index (χ1n) is 6.81. The number of hydrogen-bond donors (Lipinski definition) is 2. The van der Waals surface area contributed by atoms with Crippen LogP contribution in [-0.4, -0.2) is 23.9 Å². The predicted octanol–water partition coefficient (Wildman–Crippen LogP) is 3.45. The number of rotatable bonds is 4. The van der Waals surface area contributed by atoms with Gasteiger partial charge in [0.15, 0.2) is 0 Å². The highest BCUT2D eigenvalue weighted by Gasteiger charge is 2.12. The molecule has 2 rings (SSSR count). The molecule has 0 fully saturated rings. The highest BCUT2D eigenvalue weighted by Crippen LogP contribution is 2.21. The predicted molar refractivity (Wildman–Crippen MR) is 86.1 cm³/mol. The van der Waals surface area contributed by atoms with Crippen molar-refractivity contribution in [3.63, 3.8) is 0 Å². The number of methoxy groups -OCH3 is 1. The topological polar surface area (TPSA) is 70.9 Å². The van der Waals surface area contributed by atoms with Gasteiger partial charge in [-0.3, -0.25) is 4.79 Å². The first-order valence-corrected chi connectivity index (χ1v) is 6.81. The summed E-state index contributed by atoms with van der Waals surface area (Å²) in [4.78, 5) is 12.4. The third-order valence-corrected chi connectivity index (χ3v) is 3.39. The van der Waals surface area contributed by atoms with Gasteiger partial charge in [0.1, 0.15) is 5.75 Å². The molecule has 0 atom stereocenters. The molecule has 0 radical (unpaired) electrons. The second kappa shape index (κ2) is 6.76. The van der Waals surface area contributed by atoms with Crippen molar-refractivity contribution in [1.29, 1.82) is 0 Å². The van der Waals surface area contributed by atoms with Crippen molar-refractivity contribution >= 4 is 17.3 Å². The Morgan fingerprint density at radius 3 is 2.64 bits per heavy atom. The summed E-state index contributed by atoms with van der Waals surface area (Å²) in [5, 5.41) is 14.9. The molecule has 0 aliphatic carbocycles. The minimum Gasteiger partial charge on any atom is -0.496 e. The quantitative estimate of drug-likeness (QED) is 0.516. The second-order valence-electron chi connectivity index (χ2n) is 4.87. The number of benzene rings is 2. The lowest BCUT2D eigenvalue weighted by Gasteiger charge is -2.11. The minimum atomic E-state index is -0.253. The summed E-state index contributed by atoms with van der Waals surface area (Å²) in [5.41, 5.74) is 3.13. The van der Waals surface area contributed by atoms with Gasteiger partial charge in [-0.25, -0.2) is 0 Å². The van der Waals surface area contributed by atoms with E-state index in [0.29, 0.717) is 28.3 Å². The molecule has 0 heterocycles. The second-order valence-corrected chi connectivity index (χ2v) is 4.87. The normalized spacial score (nSPS) is 11.1. The number of ether oxygens (including phenoxy) is 1. The zero-order valence-electron chi connectivity index (χ0n) is 12.8. The van der Waals surface area contributed by atoms with Crippen LogP contribution in [0.1, 0.15) is 28.4 Å². The Kier molecular flexibility index (Phi) is 4.78. The molecule has 0 saturated heterocycles. The van der Waals surface area contributed by atoms with E-state index in [-0.39, 0.29) is 5.91 Å². The van der Waals surface area contributed by atoms with E-state index in [2.05, 4.69) is 10.5 Å². The summed E-state index contributed by atoms with van der Waals surface area (Å²) in [7, 11) is 1.57. The number of carbonyl (C=O) groups is 1. The van der Waals surface area contributed by atoms with Crippen LogP contribution in [-0.2, 0) is 0 Å². The molecule has 114 valence electrons. The van der Waals surface area contributed by atoms with E-state index < -0.39 is 0 Å². The van der Waals surface area contributed by atoms with Crippen molar-refractivity contribution in [1.82, 2.24) is 0 Å². The molecule has 1 amide bonds. The molecule has 2 N–H and O–H groups in total. The maximum absolute atomic E-state index is 12.4. The van der Waals surface area contributed by atoms with Gasteiger partial charge in [-0.2, -0.15) is 0 Å². The lowest BCUT2D eigenvalue weighted by molar-refractivity contribution is 0.102. The van der Waals surface area contributed by atoms with Crippen molar-refractivity contribution in [3.05, 3.63) is 59.2 Å². The van der Waals surface area contributed by atoms with Gasteiger partial charge >= 0.3 is 0 Å². The molecule has 5 nitrogen and oxygen atoms in total. The number of hydrogen-bond acceptors (Lipinski definition) is 4. The Balaban J connectivity index is 2.30. The molecule has 0 aliphatic rings. The highest BCUT2D eigenvalue weighted by molar-refractivity contribution is 6.10. The summed E-state index contributed by atoms with van der Waals surface area (Å²) in [6.07, 6.45) is 0. The third-order valence-electron chi connectivity index (χ3n) is 3.39. The van der Waals surface area contributed by atoms with E-state index in [0.717, 1.165) is 5.56 Å². The Morgan fingerprint density at radius 1 is 1.23 bits per heavy atom. The SMILES string of the molecule is COc1cc(C(=O)Nc2ccccc2/C(C)=N/O)ccc1C. The molecule has 0 aliphatic heterocycles. The molecular weight excluding hydrogens is 280 g/mol. The molecule has 2 aromatic carbocycles. The van der Waals surface area contributed by atoms with Crippen molar-refractivity contribution in [2.24, 2.45) is 5.16 Å². The lowest BCUT2D eigenvalue weighted by atomic mass is 10.1. The van der Waals surface area contributed by atoms with E-state index in [1.807, 2.05) is 19.1 Å². The molecule has 0 bridgehead atoms. The molecule has 0 saturated carbocycles. The van der Waals surface area contributed by atoms with E-state index in [1.165, 1.54) is 0 Å². The number of anilines is 1. The van der Waals surface area contributed by atoms with Gasteiger partial charge in [0.05, 0.1) is 18.5 Å². The van der Waals surface area contributed by atoms with Crippen molar-refractivity contribution in [2.45, 2.75) is 13.8 Å². The first kappa shape index (κ1) is 15.6. The van der Waals surface area contributed by atoms with Crippen molar-refractivity contribution in [2.75, 3.05) is 12.4 Å². The standard InChI is InChI=1S/C17H18N2O3/c1-11-8-9-13(10-16(11)22-3)17(20)18-15-7-5-4-6-14(15)12(2)19-21/h4-10,21H,1-3H3,(H,18,20)/b19-12+. The molecule has 0 spiro atoms. The van der Waals surface area contributed by atoms with Crippen LogP contribution in [0.3, 0.4) is 0 Å². The molecule has 0 unspecified atom stereocenters. The van der Waals surface area contributed by atoms with E-state index in [4.69, 9.17) is 9.94 Å². The van der Waals surface area contributed by atoms with Gasteiger partial charge in [0, 0.05) is 11.1 Å².